The molecule has 4 heteroatoms. The van der Waals surface area contributed by atoms with Crippen LogP contribution in [0.1, 0.15) is 34.6 Å². The number of carboxylic acid groups (broad SMARTS) is 1. The fraction of sp³-hybridized carbons (Fsp3) is 0.214. The molecule has 2 N–H and O–H groups in total. The van der Waals surface area contributed by atoms with Gasteiger partial charge in [-0.25, -0.2) is 4.79 Å². The Labute approximate surface area is 105 Å². The van der Waals surface area contributed by atoms with Crippen LogP contribution >= 0.6 is 0 Å². The molecular formula is C14H15NO3. The lowest BCUT2D eigenvalue weighted by atomic mass is 10.0. The van der Waals surface area contributed by atoms with E-state index in [9.17, 15) is 4.79 Å². The Kier molecular flexibility index (Phi) is 3.37. The summed E-state index contributed by atoms with van der Waals surface area (Å²) in [5, 5.41) is 11.9. The van der Waals surface area contributed by atoms with Gasteiger partial charge in [-0.05, 0) is 31.0 Å². The van der Waals surface area contributed by atoms with Gasteiger partial charge in [0.1, 0.15) is 0 Å². The molecule has 0 spiro atoms. The molecule has 0 aliphatic rings. The second kappa shape index (κ2) is 4.96. The summed E-state index contributed by atoms with van der Waals surface area (Å²) in [4.78, 5) is 10.7. The predicted octanol–water partition coefficient (Wildman–Crippen LogP) is 3.46. The summed E-state index contributed by atoms with van der Waals surface area (Å²) in [5.41, 5.74) is 2.34. The normalized spacial score (nSPS) is 12.1. The van der Waals surface area contributed by atoms with Crippen LogP contribution in [0.3, 0.4) is 0 Å². The molecule has 1 aromatic heterocycles. The number of aromatic carboxylic acids is 1. The first kappa shape index (κ1) is 12.2. The highest BCUT2D eigenvalue weighted by molar-refractivity contribution is 5.84. The minimum Gasteiger partial charge on any atom is -0.475 e. The van der Waals surface area contributed by atoms with Crippen molar-refractivity contribution < 1.29 is 14.3 Å². The number of aryl methyl sites for hydroxylation is 1. The molecule has 94 valence electrons. The first-order valence-corrected chi connectivity index (χ1v) is 5.73. The molecule has 18 heavy (non-hydrogen) atoms. The van der Waals surface area contributed by atoms with E-state index in [0.29, 0.717) is 5.88 Å². The maximum atomic E-state index is 10.7. The molecule has 0 radical (unpaired) electrons. The maximum Gasteiger partial charge on any atom is 0.371 e. The first-order valence-electron chi connectivity index (χ1n) is 5.73. The second-order valence-electron chi connectivity index (χ2n) is 4.19. The van der Waals surface area contributed by atoms with Crippen molar-refractivity contribution in [1.82, 2.24) is 0 Å². The molecule has 1 unspecified atom stereocenters. The highest BCUT2D eigenvalue weighted by Crippen LogP contribution is 2.23. The van der Waals surface area contributed by atoms with Crippen molar-refractivity contribution in [2.45, 2.75) is 19.9 Å². The van der Waals surface area contributed by atoms with Crippen molar-refractivity contribution in [2.24, 2.45) is 0 Å². The summed E-state index contributed by atoms with van der Waals surface area (Å²) in [7, 11) is 0. The lowest BCUT2D eigenvalue weighted by molar-refractivity contribution is 0.0663. The third-order valence-corrected chi connectivity index (χ3v) is 2.83. The van der Waals surface area contributed by atoms with Crippen molar-refractivity contribution in [1.29, 1.82) is 0 Å². The van der Waals surface area contributed by atoms with E-state index >= 15 is 0 Å². The van der Waals surface area contributed by atoms with Crippen LogP contribution in [-0.4, -0.2) is 11.1 Å². The van der Waals surface area contributed by atoms with Crippen molar-refractivity contribution in [3.05, 3.63) is 53.3 Å². The smallest absolute Gasteiger partial charge is 0.371 e. The molecule has 4 nitrogen and oxygen atoms in total. The van der Waals surface area contributed by atoms with E-state index in [2.05, 4.69) is 5.32 Å². The van der Waals surface area contributed by atoms with E-state index in [4.69, 9.17) is 9.52 Å². The molecule has 0 saturated heterocycles. The number of hydrogen-bond acceptors (Lipinski definition) is 3. The molecule has 0 aliphatic heterocycles. The average molecular weight is 245 g/mol. The van der Waals surface area contributed by atoms with Gasteiger partial charge in [0.25, 0.3) is 0 Å². The number of hydrogen-bond donors (Lipinski definition) is 2. The van der Waals surface area contributed by atoms with Crippen LogP contribution in [0.25, 0.3) is 0 Å². The van der Waals surface area contributed by atoms with Crippen molar-refractivity contribution in [3.8, 4) is 0 Å². The third-order valence-electron chi connectivity index (χ3n) is 2.83. The van der Waals surface area contributed by atoms with Crippen LogP contribution in [-0.2, 0) is 0 Å². The average Bonchev–Trinajstić information content (AvgIpc) is 2.78. The van der Waals surface area contributed by atoms with Gasteiger partial charge in [-0.15, -0.1) is 0 Å². The minimum absolute atomic E-state index is 0.0546. The highest BCUT2D eigenvalue weighted by Gasteiger charge is 2.12. The molecule has 0 aliphatic carbocycles. The SMILES string of the molecule is Cc1ccccc1C(C)Nc1ccc(C(=O)O)o1. The van der Waals surface area contributed by atoms with Gasteiger partial charge in [0, 0.05) is 6.07 Å². The van der Waals surface area contributed by atoms with E-state index in [-0.39, 0.29) is 11.8 Å². The van der Waals surface area contributed by atoms with Crippen LogP contribution in [0.2, 0.25) is 0 Å². The highest BCUT2D eigenvalue weighted by atomic mass is 16.4. The van der Waals surface area contributed by atoms with Crippen LogP contribution in [0.4, 0.5) is 5.88 Å². The van der Waals surface area contributed by atoms with Gasteiger partial charge in [-0.2, -0.15) is 0 Å². The summed E-state index contributed by atoms with van der Waals surface area (Å²) in [6.45, 7) is 4.05. The first-order chi connectivity index (χ1) is 8.58. The zero-order valence-corrected chi connectivity index (χ0v) is 10.3. The summed E-state index contributed by atoms with van der Waals surface area (Å²) < 4.78 is 5.17. The van der Waals surface area contributed by atoms with Crippen LogP contribution in [0, 0.1) is 6.92 Å². The van der Waals surface area contributed by atoms with Gasteiger partial charge < -0.3 is 14.8 Å². The predicted molar refractivity (Wildman–Crippen MR) is 68.9 cm³/mol. The van der Waals surface area contributed by atoms with E-state index < -0.39 is 5.97 Å². The van der Waals surface area contributed by atoms with Gasteiger partial charge in [0.05, 0.1) is 6.04 Å². The molecule has 1 heterocycles. The Balaban J connectivity index is 2.13. The maximum absolute atomic E-state index is 10.7. The number of anilines is 1. The van der Waals surface area contributed by atoms with E-state index in [1.54, 1.807) is 6.07 Å². The number of rotatable bonds is 4. The monoisotopic (exact) mass is 245 g/mol. The molecule has 0 bridgehead atoms. The molecule has 1 atom stereocenters. The van der Waals surface area contributed by atoms with E-state index in [0.717, 1.165) is 5.56 Å². The largest absolute Gasteiger partial charge is 0.475 e. The zero-order chi connectivity index (χ0) is 13.1. The molecule has 2 rings (SSSR count). The fourth-order valence-electron chi connectivity index (χ4n) is 1.89. The molecule has 1 aromatic carbocycles. The fourth-order valence-corrected chi connectivity index (χ4v) is 1.89. The van der Waals surface area contributed by atoms with Gasteiger partial charge in [-0.1, -0.05) is 24.3 Å². The van der Waals surface area contributed by atoms with Crippen molar-refractivity contribution in [3.63, 3.8) is 0 Å². The van der Waals surface area contributed by atoms with Crippen LogP contribution < -0.4 is 5.32 Å². The Morgan fingerprint density at radius 1 is 1.28 bits per heavy atom. The lowest BCUT2D eigenvalue weighted by Gasteiger charge is -2.15. The molecule has 0 amide bonds. The van der Waals surface area contributed by atoms with Crippen LogP contribution in [0.5, 0.6) is 0 Å². The number of carboxylic acids is 1. The quantitative estimate of drug-likeness (QED) is 0.865. The van der Waals surface area contributed by atoms with Gasteiger partial charge in [0.15, 0.2) is 5.88 Å². The number of carbonyl (C=O) groups is 1. The number of nitrogens with one attached hydrogen (secondary N) is 1. The molecular weight excluding hydrogens is 230 g/mol. The molecule has 0 fully saturated rings. The van der Waals surface area contributed by atoms with Crippen molar-refractivity contribution in [2.75, 3.05) is 5.32 Å². The summed E-state index contributed by atoms with van der Waals surface area (Å²) in [5.74, 6) is -0.663. The topological polar surface area (TPSA) is 62.5 Å². The molecule has 0 saturated carbocycles. The zero-order valence-electron chi connectivity index (χ0n) is 10.3. The second-order valence-corrected chi connectivity index (χ2v) is 4.19. The van der Waals surface area contributed by atoms with Crippen LogP contribution in [0.15, 0.2) is 40.8 Å². The Hall–Kier alpha value is -2.23. The van der Waals surface area contributed by atoms with Gasteiger partial charge >= 0.3 is 5.97 Å². The molecule has 2 aromatic rings. The van der Waals surface area contributed by atoms with E-state index in [1.807, 2.05) is 38.1 Å². The summed E-state index contributed by atoms with van der Waals surface area (Å²) in [6.07, 6.45) is 0. The standard InChI is InChI=1S/C14H15NO3/c1-9-5-3-4-6-11(9)10(2)15-13-8-7-12(18-13)14(16)17/h3-8,10,15H,1-2H3,(H,16,17). The summed E-state index contributed by atoms with van der Waals surface area (Å²) >= 11 is 0. The van der Waals surface area contributed by atoms with E-state index in [1.165, 1.54) is 11.6 Å². The Morgan fingerprint density at radius 3 is 2.61 bits per heavy atom. The van der Waals surface area contributed by atoms with Gasteiger partial charge in [0.2, 0.25) is 5.76 Å². The minimum atomic E-state index is -1.06. The third kappa shape index (κ3) is 2.53. The number of benzene rings is 1. The summed E-state index contributed by atoms with van der Waals surface area (Å²) in [6, 6.07) is 11.2. The number of furan rings is 1. The Morgan fingerprint density at radius 2 is 2.00 bits per heavy atom. The lowest BCUT2D eigenvalue weighted by Crippen LogP contribution is -2.07. The Bertz CT molecular complexity index is 560. The van der Waals surface area contributed by atoms with Gasteiger partial charge in [-0.3, -0.25) is 0 Å². The van der Waals surface area contributed by atoms with Crippen molar-refractivity contribution >= 4 is 11.9 Å².